The molecular weight excluding hydrogens is 297 g/mol. The van der Waals surface area contributed by atoms with Crippen molar-refractivity contribution < 1.29 is 0 Å². The van der Waals surface area contributed by atoms with Crippen LogP contribution in [0.1, 0.15) is 20.3 Å². The lowest BCUT2D eigenvalue weighted by atomic mass is 10.3. The fraction of sp³-hybridized carbons (Fsp3) is 0.308. The molecule has 0 spiro atoms. The first-order valence-electron chi connectivity index (χ1n) is 6.26. The fourth-order valence-corrected chi connectivity index (χ4v) is 2.06. The molecule has 0 saturated carbocycles. The molecular formula is C13H15Cl2N5. The van der Waals surface area contributed by atoms with E-state index in [0.717, 1.165) is 6.42 Å². The third-order valence-electron chi connectivity index (χ3n) is 2.68. The highest BCUT2D eigenvalue weighted by Crippen LogP contribution is 2.24. The fourth-order valence-electron chi connectivity index (χ4n) is 1.54. The van der Waals surface area contributed by atoms with Crippen molar-refractivity contribution in [3.05, 3.63) is 34.4 Å². The molecule has 0 aliphatic carbocycles. The number of rotatable bonds is 5. The second-order valence-electron chi connectivity index (χ2n) is 4.40. The van der Waals surface area contributed by atoms with Gasteiger partial charge in [0, 0.05) is 21.8 Å². The van der Waals surface area contributed by atoms with Gasteiger partial charge in [0.25, 0.3) is 0 Å². The summed E-state index contributed by atoms with van der Waals surface area (Å²) in [6.45, 7) is 4.17. The highest BCUT2D eigenvalue weighted by atomic mass is 35.5. The molecule has 0 aliphatic rings. The lowest BCUT2D eigenvalue weighted by molar-refractivity contribution is 0.755. The first kappa shape index (κ1) is 14.8. The van der Waals surface area contributed by atoms with Crippen LogP contribution < -0.4 is 10.6 Å². The van der Waals surface area contributed by atoms with Crippen molar-refractivity contribution in [1.82, 2.24) is 15.2 Å². The van der Waals surface area contributed by atoms with Gasteiger partial charge in [-0.3, -0.25) is 0 Å². The lowest BCUT2D eigenvalue weighted by Crippen LogP contribution is -2.15. The summed E-state index contributed by atoms with van der Waals surface area (Å²) in [6, 6.07) is 5.46. The molecule has 0 fully saturated rings. The maximum absolute atomic E-state index is 5.94. The van der Waals surface area contributed by atoms with E-state index in [2.05, 4.69) is 39.7 Å². The van der Waals surface area contributed by atoms with Crippen molar-refractivity contribution in [2.45, 2.75) is 26.3 Å². The Kier molecular flexibility index (Phi) is 4.98. The van der Waals surface area contributed by atoms with E-state index in [4.69, 9.17) is 23.2 Å². The number of nitrogens with one attached hydrogen (secondary N) is 2. The molecule has 0 saturated heterocycles. The third-order valence-corrected chi connectivity index (χ3v) is 3.12. The summed E-state index contributed by atoms with van der Waals surface area (Å²) in [6.07, 6.45) is 2.58. The number of benzene rings is 1. The molecule has 7 heteroatoms. The van der Waals surface area contributed by atoms with E-state index in [1.54, 1.807) is 24.4 Å². The summed E-state index contributed by atoms with van der Waals surface area (Å²) in [5.41, 5.74) is 0.713. The van der Waals surface area contributed by atoms with Crippen LogP contribution in [0, 0.1) is 0 Å². The average Bonchev–Trinajstić information content (AvgIpc) is 2.37. The zero-order chi connectivity index (χ0) is 14.5. The lowest BCUT2D eigenvalue weighted by Gasteiger charge is -2.12. The Hall–Kier alpha value is -1.59. The molecule has 2 rings (SSSR count). The van der Waals surface area contributed by atoms with Crippen molar-refractivity contribution in [3.63, 3.8) is 0 Å². The predicted octanol–water partition coefficient (Wildman–Crippen LogP) is 4.13. The van der Waals surface area contributed by atoms with Crippen LogP contribution in [-0.2, 0) is 0 Å². The molecule has 1 aromatic carbocycles. The number of hydrogen-bond acceptors (Lipinski definition) is 5. The summed E-state index contributed by atoms with van der Waals surface area (Å²) in [5, 5.41) is 15.2. The Labute approximate surface area is 127 Å². The highest BCUT2D eigenvalue weighted by Gasteiger charge is 2.05. The normalized spacial score (nSPS) is 12.0. The quantitative estimate of drug-likeness (QED) is 0.869. The van der Waals surface area contributed by atoms with Gasteiger partial charge < -0.3 is 10.6 Å². The minimum atomic E-state index is 0.320. The molecule has 106 valence electrons. The van der Waals surface area contributed by atoms with Crippen LogP contribution in [0.4, 0.5) is 17.5 Å². The van der Waals surface area contributed by atoms with Crippen molar-refractivity contribution in [2.75, 3.05) is 10.6 Å². The summed E-state index contributed by atoms with van der Waals surface area (Å²) in [5.74, 6) is 1.06. The van der Waals surface area contributed by atoms with E-state index < -0.39 is 0 Å². The first-order valence-corrected chi connectivity index (χ1v) is 7.02. The minimum Gasteiger partial charge on any atom is -0.366 e. The molecule has 1 aromatic heterocycles. The SMILES string of the molecule is CCC(C)Nc1cnnc(Nc2cc(Cl)cc(Cl)c2)n1. The minimum absolute atomic E-state index is 0.320. The van der Waals surface area contributed by atoms with Crippen molar-refractivity contribution in [3.8, 4) is 0 Å². The van der Waals surface area contributed by atoms with Gasteiger partial charge in [0.1, 0.15) is 0 Å². The Morgan fingerprint density at radius 3 is 2.55 bits per heavy atom. The topological polar surface area (TPSA) is 62.7 Å². The monoisotopic (exact) mass is 311 g/mol. The van der Waals surface area contributed by atoms with Gasteiger partial charge in [0.05, 0.1) is 6.20 Å². The summed E-state index contributed by atoms with van der Waals surface area (Å²) in [4.78, 5) is 4.33. The van der Waals surface area contributed by atoms with Gasteiger partial charge in [-0.15, -0.1) is 5.10 Å². The van der Waals surface area contributed by atoms with Gasteiger partial charge in [-0.05, 0) is 31.5 Å². The van der Waals surface area contributed by atoms with Crippen LogP contribution in [0.2, 0.25) is 10.0 Å². The molecule has 20 heavy (non-hydrogen) atoms. The molecule has 0 bridgehead atoms. The molecule has 2 aromatic rings. The second-order valence-corrected chi connectivity index (χ2v) is 5.27. The Morgan fingerprint density at radius 2 is 1.90 bits per heavy atom. The molecule has 5 nitrogen and oxygen atoms in total. The summed E-state index contributed by atoms with van der Waals surface area (Å²) < 4.78 is 0. The zero-order valence-electron chi connectivity index (χ0n) is 11.2. The Bertz CT molecular complexity index is 570. The van der Waals surface area contributed by atoms with E-state index >= 15 is 0 Å². The molecule has 0 radical (unpaired) electrons. The Morgan fingerprint density at radius 1 is 1.20 bits per heavy atom. The second kappa shape index (κ2) is 6.72. The smallest absolute Gasteiger partial charge is 0.249 e. The van der Waals surface area contributed by atoms with Gasteiger partial charge in [-0.1, -0.05) is 30.1 Å². The highest BCUT2D eigenvalue weighted by molar-refractivity contribution is 6.35. The van der Waals surface area contributed by atoms with E-state index in [1.807, 2.05) is 0 Å². The summed E-state index contributed by atoms with van der Waals surface area (Å²) >= 11 is 11.9. The van der Waals surface area contributed by atoms with Gasteiger partial charge in [-0.2, -0.15) is 10.1 Å². The van der Waals surface area contributed by atoms with Crippen molar-refractivity contribution in [2.24, 2.45) is 0 Å². The maximum Gasteiger partial charge on any atom is 0.249 e. The molecule has 1 atom stereocenters. The first-order chi connectivity index (χ1) is 9.56. The van der Waals surface area contributed by atoms with Crippen molar-refractivity contribution >= 4 is 40.7 Å². The molecule has 2 N–H and O–H groups in total. The number of hydrogen-bond donors (Lipinski definition) is 2. The largest absolute Gasteiger partial charge is 0.366 e. The standard InChI is InChI=1S/C13H15Cl2N5/c1-3-8(2)17-12-7-16-20-13(19-12)18-11-5-9(14)4-10(15)6-11/h4-8H,3H2,1-2H3,(H2,17,18,19,20). The predicted molar refractivity (Wildman–Crippen MR) is 82.9 cm³/mol. The van der Waals surface area contributed by atoms with Crippen LogP contribution in [0.3, 0.4) is 0 Å². The number of nitrogens with zero attached hydrogens (tertiary/aromatic N) is 3. The molecule has 1 heterocycles. The van der Waals surface area contributed by atoms with Crippen LogP contribution in [0.25, 0.3) is 0 Å². The van der Waals surface area contributed by atoms with Gasteiger partial charge in [0.2, 0.25) is 5.95 Å². The van der Waals surface area contributed by atoms with Crippen LogP contribution in [-0.4, -0.2) is 21.2 Å². The van der Waals surface area contributed by atoms with E-state index in [-0.39, 0.29) is 0 Å². The van der Waals surface area contributed by atoms with Gasteiger partial charge in [0.15, 0.2) is 5.82 Å². The van der Waals surface area contributed by atoms with Gasteiger partial charge in [-0.25, -0.2) is 0 Å². The molecule has 1 unspecified atom stereocenters. The average molecular weight is 312 g/mol. The Balaban J connectivity index is 2.15. The van der Waals surface area contributed by atoms with E-state index in [1.165, 1.54) is 0 Å². The molecule has 0 amide bonds. The van der Waals surface area contributed by atoms with Crippen LogP contribution in [0.5, 0.6) is 0 Å². The van der Waals surface area contributed by atoms with E-state index in [0.29, 0.717) is 33.5 Å². The number of aromatic nitrogens is 3. The zero-order valence-corrected chi connectivity index (χ0v) is 12.7. The maximum atomic E-state index is 5.94. The third kappa shape index (κ3) is 4.21. The van der Waals surface area contributed by atoms with Crippen LogP contribution >= 0.6 is 23.2 Å². The van der Waals surface area contributed by atoms with Crippen LogP contribution in [0.15, 0.2) is 24.4 Å². The summed E-state index contributed by atoms with van der Waals surface area (Å²) in [7, 11) is 0. The number of halogens is 2. The van der Waals surface area contributed by atoms with E-state index in [9.17, 15) is 0 Å². The van der Waals surface area contributed by atoms with Gasteiger partial charge >= 0.3 is 0 Å². The molecule has 0 aliphatic heterocycles. The van der Waals surface area contributed by atoms with Crippen molar-refractivity contribution in [1.29, 1.82) is 0 Å². The number of anilines is 3.